The third kappa shape index (κ3) is 5.66. The molecule has 1 saturated carbocycles. The molecule has 0 radical (unpaired) electrons. The normalized spacial score (nSPS) is 15.0. The summed E-state index contributed by atoms with van der Waals surface area (Å²) in [5, 5.41) is 27.6. The first-order valence-corrected chi connectivity index (χ1v) is 15.9. The summed E-state index contributed by atoms with van der Waals surface area (Å²) in [6.45, 7) is 6.81. The molecule has 0 amide bonds. The fraction of sp³-hybridized carbons (Fsp3) is 0.344. The standard InChI is InChI=1S/C32H29ClF3IN8O/c1-30(2,3)16-41-24-17(14-38)15-40-25-22(24)12-18(13-23(25)33)42-26(20-6-5-7-21-19(20)8-11-39-29(21)46-4)27-28(37)45(44-43-27)31(9-10-31)32(34,35)36/h5-8,11-13,15,26,42H,9-10,16H2,1-4H3,(H,40,41). The number of methoxy groups -OCH3 is 1. The SMILES string of the molecule is COc1nccc2c(C(Nc3cc(Cl)c4ncc(C#N)c(NCC(C)(C)C)c4c3)c3nnn(C4(C(F)(F)F)CC4)c3I)cccc12. The van der Waals surface area contributed by atoms with Crippen LogP contribution in [0.4, 0.5) is 24.5 Å². The number of nitrogens with one attached hydrogen (secondary N) is 2. The third-order valence-corrected chi connectivity index (χ3v) is 9.33. The van der Waals surface area contributed by atoms with E-state index in [0.717, 1.165) is 15.5 Å². The van der Waals surface area contributed by atoms with Gasteiger partial charge in [-0.15, -0.1) is 5.10 Å². The molecule has 46 heavy (non-hydrogen) atoms. The molecule has 1 aliphatic rings. The van der Waals surface area contributed by atoms with Gasteiger partial charge in [0.25, 0.3) is 0 Å². The van der Waals surface area contributed by atoms with E-state index in [-0.39, 0.29) is 22.0 Å². The van der Waals surface area contributed by atoms with Crippen LogP contribution < -0.4 is 15.4 Å². The lowest BCUT2D eigenvalue weighted by Gasteiger charge is -2.24. The topological polar surface area (TPSA) is 114 Å². The minimum Gasteiger partial charge on any atom is -0.481 e. The lowest BCUT2D eigenvalue weighted by Crippen LogP contribution is -2.36. The number of anilines is 2. The lowest BCUT2D eigenvalue weighted by atomic mass is 9.96. The number of nitriles is 1. The first kappa shape index (κ1) is 32.1. The van der Waals surface area contributed by atoms with Crippen LogP contribution in [0.15, 0.2) is 48.8 Å². The van der Waals surface area contributed by atoms with Gasteiger partial charge in [-0.05, 0) is 76.1 Å². The zero-order valence-corrected chi connectivity index (χ0v) is 28.2. The molecule has 0 spiro atoms. The highest BCUT2D eigenvalue weighted by Crippen LogP contribution is 2.56. The zero-order valence-electron chi connectivity index (χ0n) is 25.3. The molecule has 1 aliphatic carbocycles. The molecular formula is C32H29ClF3IN8O. The maximum atomic E-state index is 14.2. The monoisotopic (exact) mass is 760 g/mol. The molecule has 9 nitrogen and oxygen atoms in total. The molecule has 0 aliphatic heterocycles. The second-order valence-corrected chi connectivity index (χ2v) is 13.9. The van der Waals surface area contributed by atoms with Gasteiger partial charge in [0.05, 0.1) is 34.9 Å². The molecule has 0 saturated heterocycles. The highest BCUT2D eigenvalue weighted by atomic mass is 127. The summed E-state index contributed by atoms with van der Waals surface area (Å²) in [4.78, 5) is 8.77. The number of halogens is 5. The molecule has 2 aromatic carbocycles. The summed E-state index contributed by atoms with van der Waals surface area (Å²) >= 11 is 8.68. The minimum absolute atomic E-state index is 0.0661. The first-order valence-electron chi connectivity index (χ1n) is 14.4. The Morgan fingerprint density at radius 2 is 1.89 bits per heavy atom. The fourth-order valence-electron chi connectivity index (χ4n) is 5.52. The molecule has 14 heteroatoms. The van der Waals surface area contributed by atoms with Crippen LogP contribution in [0.2, 0.25) is 5.02 Å². The number of pyridine rings is 2. The highest BCUT2D eigenvalue weighted by Gasteiger charge is 2.66. The largest absolute Gasteiger partial charge is 0.481 e. The van der Waals surface area contributed by atoms with Crippen molar-refractivity contribution in [2.45, 2.75) is 51.4 Å². The summed E-state index contributed by atoms with van der Waals surface area (Å²) in [6, 6.07) is 12.4. The number of benzene rings is 2. The van der Waals surface area contributed by atoms with Crippen molar-refractivity contribution in [1.29, 1.82) is 5.26 Å². The Labute approximate surface area is 281 Å². The van der Waals surface area contributed by atoms with Gasteiger partial charge in [-0.1, -0.05) is 49.7 Å². The number of hydrogen-bond donors (Lipinski definition) is 2. The van der Waals surface area contributed by atoms with E-state index in [1.54, 1.807) is 12.3 Å². The van der Waals surface area contributed by atoms with Gasteiger partial charge in [0.1, 0.15) is 15.5 Å². The van der Waals surface area contributed by atoms with E-state index >= 15 is 0 Å². The second-order valence-electron chi connectivity index (χ2n) is 12.5. The van der Waals surface area contributed by atoms with Crippen LogP contribution in [0.3, 0.4) is 0 Å². The van der Waals surface area contributed by atoms with Crippen LogP contribution in [0.1, 0.15) is 56.5 Å². The van der Waals surface area contributed by atoms with Gasteiger partial charge in [-0.25, -0.2) is 9.67 Å². The Morgan fingerprint density at radius 3 is 2.54 bits per heavy atom. The van der Waals surface area contributed by atoms with Gasteiger partial charge in [0.15, 0.2) is 5.54 Å². The van der Waals surface area contributed by atoms with Crippen LogP contribution in [0.5, 0.6) is 5.88 Å². The van der Waals surface area contributed by atoms with Gasteiger partial charge in [-0.3, -0.25) is 4.98 Å². The summed E-state index contributed by atoms with van der Waals surface area (Å²) in [7, 11) is 1.52. The maximum absolute atomic E-state index is 14.2. The zero-order chi connectivity index (χ0) is 33.0. The van der Waals surface area contributed by atoms with Crippen LogP contribution in [0.25, 0.3) is 21.7 Å². The van der Waals surface area contributed by atoms with E-state index in [9.17, 15) is 18.4 Å². The molecule has 1 atom stereocenters. The van der Waals surface area contributed by atoms with Crippen molar-refractivity contribution in [2.24, 2.45) is 5.41 Å². The summed E-state index contributed by atoms with van der Waals surface area (Å²) in [5.74, 6) is 0.406. The van der Waals surface area contributed by atoms with Crippen molar-refractivity contribution in [3.8, 4) is 11.9 Å². The molecule has 2 N–H and O–H groups in total. The Hall–Kier alpha value is -3.90. The molecule has 238 valence electrons. The Bertz CT molecular complexity index is 2010. The van der Waals surface area contributed by atoms with Crippen molar-refractivity contribution in [3.05, 3.63) is 74.3 Å². The van der Waals surface area contributed by atoms with Gasteiger partial charge < -0.3 is 15.4 Å². The lowest BCUT2D eigenvalue weighted by molar-refractivity contribution is -0.183. The number of rotatable bonds is 8. The molecule has 0 bridgehead atoms. The fourth-order valence-corrected chi connectivity index (χ4v) is 6.76. The molecule has 3 aromatic heterocycles. The Morgan fingerprint density at radius 1 is 1.13 bits per heavy atom. The average Bonchev–Trinajstić information content (AvgIpc) is 3.74. The van der Waals surface area contributed by atoms with E-state index < -0.39 is 17.8 Å². The molecule has 3 heterocycles. The van der Waals surface area contributed by atoms with Crippen molar-refractivity contribution in [3.63, 3.8) is 0 Å². The number of hydrogen-bond acceptors (Lipinski definition) is 8. The summed E-state index contributed by atoms with van der Waals surface area (Å²) < 4.78 is 49.3. The number of ether oxygens (including phenoxy) is 1. The van der Waals surface area contributed by atoms with Crippen molar-refractivity contribution < 1.29 is 17.9 Å². The van der Waals surface area contributed by atoms with E-state index in [4.69, 9.17) is 16.3 Å². The molecule has 5 aromatic rings. The van der Waals surface area contributed by atoms with Crippen molar-refractivity contribution >= 4 is 67.2 Å². The average molecular weight is 761 g/mol. The van der Waals surface area contributed by atoms with E-state index in [1.807, 2.05) is 52.9 Å². The smallest absolute Gasteiger partial charge is 0.413 e. The summed E-state index contributed by atoms with van der Waals surface area (Å²) in [6.07, 6.45) is -1.51. The van der Waals surface area contributed by atoms with Crippen LogP contribution in [-0.4, -0.2) is 44.8 Å². The predicted octanol–water partition coefficient (Wildman–Crippen LogP) is 8.22. The van der Waals surface area contributed by atoms with Gasteiger partial charge in [-0.2, -0.15) is 18.4 Å². The number of nitrogens with zero attached hydrogens (tertiary/aromatic N) is 6. The minimum atomic E-state index is -4.48. The highest BCUT2D eigenvalue weighted by molar-refractivity contribution is 14.1. The summed E-state index contributed by atoms with van der Waals surface area (Å²) in [5.41, 5.74) is 0.845. The molecule has 1 unspecified atom stereocenters. The van der Waals surface area contributed by atoms with Crippen LogP contribution >= 0.6 is 34.2 Å². The predicted molar refractivity (Wildman–Crippen MR) is 179 cm³/mol. The van der Waals surface area contributed by atoms with Crippen molar-refractivity contribution in [2.75, 3.05) is 24.3 Å². The number of alkyl halides is 3. The van der Waals surface area contributed by atoms with E-state index in [2.05, 4.69) is 57.8 Å². The van der Waals surface area contributed by atoms with Crippen LogP contribution in [0, 0.1) is 20.4 Å². The Kier molecular flexibility index (Phi) is 8.17. The van der Waals surface area contributed by atoms with Gasteiger partial charge >= 0.3 is 6.18 Å². The maximum Gasteiger partial charge on any atom is 0.413 e. The van der Waals surface area contributed by atoms with Gasteiger partial charge in [0, 0.05) is 35.4 Å². The van der Waals surface area contributed by atoms with Crippen LogP contribution in [-0.2, 0) is 5.54 Å². The second kappa shape index (κ2) is 11.7. The molecule has 6 rings (SSSR count). The number of fused-ring (bicyclic) bond motifs is 2. The van der Waals surface area contributed by atoms with Crippen molar-refractivity contribution in [1.82, 2.24) is 25.0 Å². The molecule has 1 fully saturated rings. The van der Waals surface area contributed by atoms with E-state index in [1.165, 1.54) is 13.3 Å². The quantitative estimate of drug-likeness (QED) is 0.152. The van der Waals surface area contributed by atoms with Gasteiger partial charge in [0.2, 0.25) is 5.88 Å². The molecular weight excluding hydrogens is 732 g/mol. The van der Waals surface area contributed by atoms with E-state index in [0.29, 0.717) is 56.5 Å². The third-order valence-electron chi connectivity index (χ3n) is 8.03. The number of aromatic nitrogens is 5. The Balaban J connectivity index is 1.54. The first-order chi connectivity index (χ1) is 21.8.